The molecule has 0 saturated carbocycles. The van der Waals surface area contributed by atoms with Gasteiger partial charge in [-0.3, -0.25) is 18.6 Å². The lowest BCUT2D eigenvalue weighted by atomic mass is 10.0. The molecule has 0 aliphatic carbocycles. The topological polar surface area (TPSA) is 108 Å². The second-order valence-corrected chi connectivity index (χ2v) is 24.2. The largest absolute Gasteiger partial charge is 0.472 e. The predicted molar refractivity (Wildman–Crippen MR) is 330 cm³/mol. The van der Waals surface area contributed by atoms with Gasteiger partial charge in [0.25, 0.3) is 0 Å². The Labute approximate surface area is 476 Å². The summed E-state index contributed by atoms with van der Waals surface area (Å²) in [6.45, 7) is 4.35. The van der Waals surface area contributed by atoms with E-state index in [0.717, 1.165) is 83.5 Å². The third-order valence-electron chi connectivity index (χ3n) is 14.0. The molecule has 0 aromatic rings. The molecule has 2 atom stereocenters. The third-order valence-corrected chi connectivity index (χ3v) is 15.0. The summed E-state index contributed by atoms with van der Waals surface area (Å²) < 4.78 is 34.7. The molecule has 9 nitrogen and oxygen atoms in total. The third kappa shape index (κ3) is 62.5. The van der Waals surface area contributed by atoms with Crippen molar-refractivity contribution in [3.05, 3.63) is 72.9 Å². The van der Waals surface area contributed by atoms with Gasteiger partial charge in [0.1, 0.15) is 19.8 Å². The van der Waals surface area contributed by atoms with Gasteiger partial charge in [0.15, 0.2) is 6.10 Å². The Kier molecular flexibility index (Phi) is 56.2. The molecule has 2 unspecified atom stereocenters. The van der Waals surface area contributed by atoms with E-state index >= 15 is 0 Å². The molecule has 0 aliphatic heterocycles. The lowest BCUT2D eigenvalue weighted by molar-refractivity contribution is -0.870. The van der Waals surface area contributed by atoms with E-state index in [9.17, 15) is 19.0 Å². The first-order valence-corrected chi connectivity index (χ1v) is 33.7. The minimum Gasteiger partial charge on any atom is -0.462 e. The van der Waals surface area contributed by atoms with Crippen LogP contribution >= 0.6 is 7.82 Å². The maximum absolute atomic E-state index is 12.8. The first-order chi connectivity index (χ1) is 37.5. The minimum absolute atomic E-state index is 0.0284. The number of ether oxygens (including phenoxy) is 2. The molecule has 1 N–H and O–H groups in total. The zero-order chi connectivity index (χ0) is 56.3. The van der Waals surface area contributed by atoms with Crippen molar-refractivity contribution in [2.45, 2.75) is 296 Å². The van der Waals surface area contributed by atoms with Gasteiger partial charge in [0, 0.05) is 12.8 Å². The van der Waals surface area contributed by atoms with Crippen LogP contribution in [0.15, 0.2) is 72.9 Å². The number of hydrogen-bond donors (Lipinski definition) is 1. The van der Waals surface area contributed by atoms with Crippen molar-refractivity contribution in [1.82, 2.24) is 0 Å². The van der Waals surface area contributed by atoms with Gasteiger partial charge in [0.2, 0.25) is 0 Å². The SMILES string of the molecule is CC/C=C\C/C=C\C/C=C\C/C=C\C/C=C\C/C=C\CCCCCCCCCCC(=O)OC(COC(=O)CCCCCCCCCCCCCCCCCCCCCCCCCCCC)COP(=O)(O)OCC[N+](C)(C)C. The summed E-state index contributed by atoms with van der Waals surface area (Å²) in [6, 6.07) is 0. The van der Waals surface area contributed by atoms with Gasteiger partial charge in [-0.2, -0.15) is 0 Å². The zero-order valence-electron chi connectivity index (χ0n) is 50.9. The molecule has 0 aromatic heterocycles. The van der Waals surface area contributed by atoms with Crippen molar-refractivity contribution in [2.75, 3.05) is 47.5 Å². The molecule has 0 aromatic carbocycles. The van der Waals surface area contributed by atoms with Crippen molar-refractivity contribution < 1.29 is 42.1 Å². The number of rotatable bonds is 59. The highest BCUT2D eigenvalue weighted by molar-refractivity contribution is 7.47. The maximum Gasteiger partial charge on any atom is 0.472 e. The molecule has 0 rings (SSSR count). The summed E-state index contributed by atoms with van der Waals surface area (Å²) in [5.41, 5.74) is 0. The fourth-order valence-corrected chi connectivity index (χ4v) is 9.82. The Morgan fingerprint density at radius 3 is 1.10 bits per heavy atom. The number of phosphoric acid groups is 1. The average molecular weight is 1100 g/mol. The zero-order valence-corrected chi connectivity index (χ0v) is 51.8. The smallest absolute Gasteiger partial charge is 0.462 e. The van der Waals surface area contributed by atoms with Crippen LogP contribution in [-0.4, -0.2) is 74.9 Å². The van der Waals surface area contributed by atoms with E-state index < -0.39 is 26.5 Å². The van der Waals surface area contributed by atoms with Crippen LogP contribution in [0.3, 0.4) is 0 Å². The van der Waals surface area contributed by atoms with Crippen molar-refractivity contribution >= 4 is 19.8 Å². The van der Waals surface area contributed by atoms with E-state index in [-0.39, 0.29) is 32.0 Å². The summed E-state index contributed by atoms with van der Waals surface area (Å²) in [7, 11) is 1.47. The molecule has 0 radical (unpaired) electrons. The van der Waals surface area contributed by atoms with Crippen LogP contribution < -0.4 is 0 Å². The molecular formula is C67H123NO8P+. The molecule has 0 spiro atoms. The van der Waals surface area contributed by atoms with Crippen molar-refractivity contribution in [3.63, 3.8) is 0 Å². The van der Waals surface area contributed by atoms with E-state index in [0.29, 0.717) is 17.4 Å². The maximum atomic E-state index is 12.8. The van der Waals surface area contributed by atoms with Gasteiger partial charge < -0.3 is 18.9 Å². The number of nitrogens with zero attached hydrogens (tertiary/aromatic N) is 1. The molecule has 0 amide bonds. The highest BCUT2D eigenvalue weighted by atomic mass is 31.2. The number of phosphoric ester groups is 1. The van der Waals surface area contributed by atoms with Crippen molar-refractivity contribution in [3.8, 4) is 0 Å². The monoisotopic (exact) mass is 1100 g/mol. The van der Waals surface area contributed by atoms with Crippen LogP contribution in [0, 0.1) is 0 Å². The molecule has 0 aliphatic rings. The molecular weight excluding hydrogens is 978 g/mol. The molecule has 448 valence electrons. The number of quaternary nitrogens is 1. The molecule has 0 bridgehead atoms. The van der Waals surface area contributed by atoms with Crippen LogP contribution in [0.1, 0.15) is 290 Å². The van der Waals surface area contributed by atoms with Crippen LogP contribution in [0.5, 0.6) is 0 Å². The molecule has 0 fully saturated rings. The Bertz CT molecular complexity index is 1530. The summed E-state index contributed by atoms with van der Waals surface area (Å²) in [5, 5.41) is 0. The lowest BCUT2D eigenvalue weighted by Gasteiger charge is -2.24. The summed E-state index contributed by atoms with van der Waals surface area (Å²) in [5.74, 6) is -0.798. The highest BCUT2D eigenvalue weighted by Crippen LogP contribution is 2.43. The number of hydrogen-bond acceptors (Lipinski definition) is 7. The second kappa shape index (κ2) is 58.1. The molecule has 10 heteroatoms. The first kappa shape index (κ1) is 74.5. The van der Waals surface area contributed by atoms with Crippen LogP contribution in [0.2, 0.25) is 0 Å². The van der Waals surface area contributed by atoms with Gasteiger partial charge in [0.05, 0.1) is 27.7 Å². The van der Waals surface area contributed by atoms with Crippen molar-refractivity contribution in [1.29, 1.82) is 0 Å². The van der Waals surface area contributed by atoms with Crippen LogP contribution in [0.25, 0.3) is 0 Å². The highest BCUT2D eigenvalue weighted by Gasteiger charge is 2.27. The molecule has 0 heterocycles. The number of likely N-dealkylation sites (N-methyl/N-ethyl adjacent to an activating group) is 1. The summed E-state index contributed by atoms with van der Waals surface area (Å²) in [6.07, 6.45) is 77.0. The quantitative estimate of drug-likeness (QED) is 0.0211. The standard InChI is InChI=1S/C67H122NO8P/c1-6-8-10-12-14-16-18-20-22-24-26-28-30-32-34-36-38-40-42-44-46-48-50-52-54-56-58-60-67(70)76-65(64-75-77(71,72)74-62-61-68(3,4)5)63-73-66(69)59-57-55-53-51-49-47-45-43-41-39-37-35-33-31-29-27-25-23-21-19-17-15-13-11-9-7-2/h8,10,14,16,20,22,26,28,32,34,38,40,65H,6-7,9,11-13,15,17-19,21,23-25,27,29-31,33,35-37,39,41-64H2,1-5H3/p+1/b10-8-,16-14-,22-20-,28-26-,34-32-,40-38-. The minimum atomic E-state index is -4.39. The van der Waals surface area contributed by atoms with Crippen molar-refractivity contribution in [2.24, 2.45) is 0 Å². The van der Waals surface area contributed by atoms with E-state index in [1.807, 2.05) is 21.1 Å². The number of esters is 2. The summed E-state index contributed by atoms with van der Waals surface area (Å²) in [4.78, 5) is 35.8. The van der Waals surface area contributed by atoms with Gasteiger partial charge in [-0.1, -0.05) is 286 Å². The lowest BCUT2D eigenvalue weighted by Crippen LogP contribution is -2.37. The molecule has 0 saturated heterocycles. The fraction of sp³-hybridized carbons (Fsp3) is 0.791. The Balaban J connectivity index is 4.12. The summed E-state index contributed by atoms with van der Waals surface area (Å²) >= 11 is 0. The van der Waals surface area contributed by atoms with Gasteiger partial charge >= 0.3 is 19.8 Å². The van der Waals surface area contributed by atoms with E-state index in [4.69, 9.17) is 18.5 Å². The average Bonchev–Trinajstić information content (AvgIpc) is 3.39. The predicted octanol–water partition coefficient (Wildman–Crippen LogP) is 20.4. The number of unbranched alkanes of at least 4 members (excludes halogenated alkanes) is 33. The van der Waals surface area contributed by atoms with Gasteiger partial charge in [-0.15, -0.1) is 0 Å². The number of carbonyl (C=O) groups excluding carboxylic acids is 2. The number of allylic oxidation sites excluding steroid dienone is 12. The Hall–Kier alpha value is -2.55. The second-order valence-electron chi connectivity index (χ2n) is 22.8. The van der Waals surface area contributed by atoms with E-state index in [2.05, 4.69) is 86.8 Å². The van der Waals surface area contributed by atoms with Crippen LogP contribution in [0.4, 0.5) is 0 Å². The normalized spacial score (nSPS) is 13.7. The first-order valence-electron chi connectivity index (χ1n) is 32.2. The number of carbonyl (C=O) groups is 2. The Morgan fingerprint density at radius 1 is 0.416 bits per heavy atom. The Morgan fingerprint density at radius 2 is 0.740 bits per heavy atom. The van der Waals surface area contributed by atoms with Crippen LogP contribution in [-0.2, 0) is 32.7 Å². The van der Waals surface area contributed by atoms with E-state index in [1.165, 1.54) is 173 Å². The van der Waals surface area contributed by atoms with Gasteiger partial charge in [-0.25, -0.2) is 4.57 Å². The van der Waals surface area contributed by atoms with E-state index in [1.54, 1.807) is 0 Å². The molecule has 77 heavy (non-hydrogen) atoms. The van der Waals surface area contributed by atoms with Gasteiger partial charge in [-0.05, 0) is 64.2 Å². The fourth-order valence-electron chi connectivity index (χ4n) is 9.08.